The number of nitrogens with one attached hydrogen (secondary N) is 3. The first-order valence-electron chi connectivity index (χ1n) is 12.9. The van der Waals surface area contributed by atoms with Crippen LogP contribution in [0.1, 0.15) is 45.4 Å². The van der Waals surface area contributed by atoms with E-state index in [2.05, 4.69) is 27.9 Å². The van der Waals surface area contributed by atoms with Crippen LogP contribution >= 0.6 is 0 Å². The van der Waals surface area contributed by atoms with Crippen molar-refractivity contribution >= 4 is 11.5 Å². The first-order chi connectivity index (χ1) is 17.3. The second-order valence-electron chi connectivity index (χ2n) is 10.2. The van der Waals surface area contributed by atoms with Crippen molar-refractivity contribution in [1.29, 1.82) is 0 Å². The summed E-state index contributed by atoms with van der Waals surface area (Å²) in [6, 6.07) is 7.19. The van der Waals surface area contributed by atoms with Crippen molar-refractivity contribution in [3.05, 3.63) is 42.1 Å². The monoisotopic (exact) mass is 504 g/mol. The third-order valence-corrected chi connectivity index (χ3v) is 7.18. The molecule has 0 unspecified atom stereocenters. The van der Waals surface area contributed by atoms with Gasteiger partial charge >= 0.3 is 0 Å². The van der Waals surface area contributed by atoms with Crippen molar-refractivity contribution in [2.24, 2.45) is 0 Å². The molecule has 9 heteroatoms. The molecule has 1 saturated carbocycles. The van der Waals surface area contributed by atoms with Gasteiger partial charge in [-0.1, -0.05) is 6.07 Å². The quantitative estimate of drug-likeness (QED) is 0.383. The van der Waals surface area contributed by atoms with Crippen molar-refractivity contribution in [2.45, 2.75) is 69.2 Å². The third kappa shape index (κ3) is 7.12. The average Bonchev–Trinajstić information content (AvgIpc) is 2.87. The van der Waals surface area contributed by atoms with E-state index in [4.69, 9.17) is 9.47 Å². The number of aliphatic hydroxyl groups is 1. The molecule has 1 aliphatic heterocycles. The molecule has 0 bridgehead atoms. The molecule has 1 aliphatic carbocycles. The molecule has 1 saturated heterocycles. The lowest BCUT2D eigenvalue weighted by Gasteiger charge is -2.32. The number of pyridine rings is 1. The van der Waals surface area contributed by atoms with E-state index in [0.717, 1.165) is 25.7 Å². The Balaban J connectivity index is 1.39. The number of anilines is 2. The van der Waals surface area contributed by atoms with Crippen molar-refractivity contribution in [3.8, 4) is 11.1 Å². The third-order valence-electron chi connectivity index (χ3n) is 7.18. The first-order valence-corrected chi connectivity index (χ1v) is 12.9. The van der Waals surface area contributed by atoms with Crippen molar-refractivity contribution < 1.29 is 23.4 Å². The molecule has 2 aliphatic rings. The van der Waals surface area contributed by atoms with Gasteiger partial charge in [0.25, 0.3) is 0 Å². The van der Waals surface area contributed by atoms with Gasteiger partial charge in [-0.25, -0.2) is 13.8 Å². The Bertz CT molecular complexity index is 995. The van der Waals surface area contributed by atoms with E-state index in [9.17, 15) is 13.9 Å². The smallest absolute Gasteiger partial charge is 0.149 e. The van der Waals surface area contributed by atoms with Crippen LogP contribution in [-0.2, 0) is 9.47 Å². The van der Waals surface area contributed by atoms with Gasteiger partial charge in [-0.2, -0.15) is 0 Å². The van der Waals surface area contributed by atoms with E-state index < -0.39 is 17.2 Å². The Labute approximate surface area is 212 Å². The van der Waals surface area contributed by atoms with Gasteiger partial charge in [0, 0.05) is 63.4 Å². The van der Waals surface area contributed by atoms with Crippen molar-refractivity contribution in [3.63, 3.8) is 0 Å². The van der Waals surface area contributed by atoms with Crippen LogP contribution in [0.5, 0.6) is 0 Å². The average molecular weight is 505 g/mol. The molecule has 4 rings (SSSR count). The maximum atomic E-state index is 14.8. The number of ether oxygens (including phenoxy) is 2. The lowest BCUT2D eigenvalue weighted by atomic mass is 9.90. The van der Waals surface area contributed by atoms with Gasteiger partial charge in [-0.3, -0.25) is 0 Å². The maximum Gasteiger partial charge on any atom is 0.149 e. The summed E-state index contributed by atoms with van der Waals surface area (Å²) in [4.78, 5) is 4.24. The van der Waals surface area contributed by atoms with Gasteiger partial charge in [0.1, 0.15) is 17.5 Å². The Hall–Kier alpha value is -2.33. The zero-order valence-corrected chi connectivity index (χ0v) is 21.2. The van der Waals surface area contributed by atoms with E-state index in [1.165, 1.54) is 12.3 Å². The molecule has 2 heterocycles. The highest BCUT2D eigenvalue weighted by atomic mass is 19.1. The summed E-state index contributed by atoms with van der Waals surface area (Å²) in [5, 5.41) is 20.7. The molecule has 1 aromatic carbocycles. The fourth-order valence-corrected chi connectivity index (χ4v) is 5.07. The van der Waals surface area contributed by atoms with E-state index >= 15 is 0 Å². The second-order valence-corrected chi connectivity index (χ2v) is 10.2. The molecule has 0 radical (unpaired) electrons. The zero-order chi connectivity index (χ0) is 25.5. The van der Waals surface area contributed by atoms with Crippen LogP contribution in [0.4, 0.5) is 20.3 Å². The highest BCUT2D eigenvalue weighted by molar-refractivity contribution is 5.71. The van der Waals surface area contributed by atoms with Gasteiger partial charge in [-0.15, -0.1) is 0 Å². The summed E-state index contributed by atoms with van der Waals surface area (Å²) in [7, 11) is 1.71. The van der Waals surface area contributed by atoms with Crippen molar-refractivity contribution in [2.75, 3.05) is 44.1 Å². The SMILES string of the molecule is COC[C@@H](C)NC1CCC(Nc2cc(-c3ccc(F)c(NCC4(O)CCOCC4)c3)c(F)cn2)CC1. The Morgan fingerprint density at radius 2 is 1.83 bits per heavy atom. The number of hydrogen-bond donors (Lipinski definition) is 4. The van der Waals surface area contributed by atoms with Crippen LogP contribution in [0.15, 0.2) is 30.5 Å². The number of nitrogens with zero attached hydrogens (tertiary/aromatic N) is 1. The largest absolute Gasteiger partial charge is 0.388 e. The number of methoxy groups -OCH3 is 1. The van der Waals surface area contributed by atoms with E-state index in [1.54, 1.807) is 25.3 Å². The highest BCUT2D eigenvalue weighted by Crippen LogP contribution is 2.30. The molecular formula is C27H38F2N4O3. The predicted octanol–water partition coefficient (Wildman–Crippen LogP) is 4.33. The molecule has 36 heavy (non-hydrogen) atoms. The molecule has 198 valence electrons. The highest BCUT2D eigenvalue weighted by Gasteiger charge is 2.30. The van der Waals surface area contributed by atoms with Crippen LogP contribution < -0.4 is 16.0 Å². The second kappa shape index (κ2) is 12.3. The molecule has 0 amide bonds. The summed E-state index contributed by atoms with van der Waals surface area (Å²) in [5.74, 6) is -0.320. The molecule has 2 aromatic rings. The molecule has 1 aromatic heterocycles. The van der Waals surface area contributed by atoms with Crippen molar-refractivity contribution in [1.82, 2.24) is 10.3 Å². The number of aromatic nitrogens is 1. The standard InChI is InChI=1S/C27H38F2N4O3/c1-18(16-35-2)32-20-4-6-21(7-5-20)33-26-14-22(24(29)15-30-26)19-3-8-23(28)25(13-19)31-17-27(34)9-11-36-12-10-27/h3,8,13-15,18,20-21,31-32,34H,4-7,9-12,16-17H2,1-2H3,(H,30,33)/t18-,20?,21?/m1/s1. The fraction of sp³-hybridized carbons (Fsp3) is 0.593. The van der Waals surface area contributed by atoms with Gasteiger partial charge in [0.2, 0.25) is 0 Å². The summed E-state index contributed by atoms with van der Waals surface area (Å²) in [5.41, 5.74) is 0.173. The molecule has 1 atom stereocenters. The molecule has 0 spiro atoms. The lowest BCUT2D eigenvalue weighted by molar-refractivity contribution is -0.0543. The van der Waals surface area contributed by atoms with Crippen LogP contribution in [0.2, 0.25) is 0 Å². The zero-order valence-electron chi connectivity index (χ0n) is 21.2. The summed E-state index contributed by atoms with van der Waals surface area (Å²) >= 11 is 0. The number of benzene rings is 1. The Morgan fingerprint density at radius 3 is 2.56 bits per heavy atom. The molecule has 4 N–H and O–H groups in total. The predicted molar refractivity (Wildman–Crippen MR) is 137 cm³/mol. The summed E-state index contributed by atoms with van der Waals surface area (Å²) in [6.07, 6.45) is 6.25. The number of rotatable bonds is 10. The molecule has 7 nitrogen and oxygen atoms in total. The van der Waals surface area contributed by atoms with Gasteiger partial charge in [0.05, 0.1) is 24.1 Å². The summed E-state index contributed by atoms with van der Waals surface area (Å²) < 4.78 is 39.8. The molecular weight excluding hydrogens is 466 g/mol. The minimum absolute atomic E-state index is 0.199. The van der Waals surface area contributed by atoms with Crippen LogP contribution in [-0.4, -0.2) is 67.3 Å². The Kier molecular flexibility index (Phi) is 9.11. The maximum absolute atomic E-state index is 14.8. The van der Waals surface area contributed by atoms with Gasteiger partial charge in [-0.05, 0) is 56.4 Å². The van der Waals surface area contributed by atoms with Crippen LogP contribution in [0, 0.1) is 11.6 Å². The topological polar surface area (TPSA) is 87.7 Å². The van der Waals surface area contributed by atoms with E-state index in [1.807, 2.05) is 0 Å². The van der Waals surface area contributed by atoms with Crippen LogP contribution in [0.3, 0.4) is 0 Å². The lowest BCUT2D eigenvalue weighted by Crippen LogP contribution is -2.42. The number of hydrogen-bond acceptors (Lipinski definition) is 7. The fourth-order valence-electron chi connectivity index (χ4n) is 5.07. The van der Waals surface area contributed by atoms with E-state index in [-0.39, 0.29) is 18.3 Å². The summed E-state index contributed by atoms with van der Waals surface area (Å²) in [6.45, 7) is 3.97. The normalized spacial score (nSPS) is 22.7. The minimum atomic E-state index is -0.948. The van der Waals surface area contributed by atoms with Gasteiger partial charge in [0.15, 0.2) is 0 Å². The molecule has 2 fully saturated rings. The van der Waals surface area contributed by atoms with Gasteiger partial charge < -0.3 is 30.5 Å². The number of halogens is 2. The minimum Gasteiger partial charge on any atom is -0.388 e. The van der Waals surface area contributed by atoms with Crippen LogP contribution in [0.25, 0.3) is 11.1 Å². The Morgan fingerprint density at radius 1 is 1.11 bits per heavy atom. The first kappa shape index (κ1) is 26.7. The van der Waals surface area contributed by atoms with E-state index in [0.29, 0.717) is 61.7 Å².